The third-order valence-electron chi connectivity index (χ3n) is 5.96. The Morgan fingerprint density at radius 1 is 1.12 bits per heavy atom. The molecule has 0 N–H and O–H groups in total. The van der Waals surface area contributed by atoms with Crippen LogP contribution >= 0.6 is 0 Å². The van der Waals surface area contributed by atoms with Crippen LogP contribution in [0.3, 0.4) is 0 Å². The fourth-order valence-corrected chi connectivity index (χ4v) is 4.27. The van der Waals surface area contributed by atoms with Crippen LogP contribution in [0.5, 0.6) is 0 Å². The van der Waals surface area contributed by atoms with Crippen LogP contribution in [0.2, 0.25) is 0 Å². The topological polar surface area (TPSA) is 66.6 Å². The molecule has 2 aliphatic heterocycles. The van der Waals surface area contributed by atoms with Gasteiger partial charge in [0.1, 0.15) is 0 Å². The van der Waals surface area contributed by atoms with Crippen LogP contribution in [0.1, 0.15) is 56.0 Å². The van der Waals surface area contributed by atoms with Crippen molar-refractivity contribution in [3.05, 3.63) is 23.7 Å². The second kappa shape index (κ2) is 7.31. The van der Waals surface area contributed by atoms with Crippen molar-refractivity contribution in [3.63, 3.8) is 0 Å². The monoisotopic (exact) mass is 356 g/mol. The van der Waals surface area contributed by atoms with Crippen LogP contribution in [0.25, 0.3) is 5.65 Å². The van der Waals surface area contributed by atoms with E-state index in [1.807, 2.05) is 35.5 Å². The predicted molar refractivity (Wildman–Crippen MR) is 99.0 cm³/mol. The number of nitrogens with zero attached hydrogens (tertiary/aromatic N) is 6. The molecule has 7 heteroatoms. The Labute approximate surface area is 154 Å². The summed E-state index contributed by atoms with van der Waals surface area (Å²) in [5.74, 6) is 1.70. The van der Waals surface area contributed by atoms with Gasteiger partial charge in [0.05, 0.1) is 5.69 Å². The first-order valence-electron chi connectivity index (χ1n) is 9.79. The number of hydrogen-bond donors (Lipinski definition) is 0. The summed E-state index contributed by atoms with van der Waals surface area (Å²) in [6.07, 6.45) is 6.17. The second-order valence-corrected chi connectivity index (χ2v) is 7.78. The molecule has 7 nitrogen and oxygen atoms in total. The summed E-state index contributed by atoms with van der Waals surface area (Å²) in [7, 11) is 1.97. The SMILES string of the molecule is Cc1ccc2nnc(C3CCN(CC4CCCCC(=O)N4C)CC3)n2n1. The minimum Gasteiger partial charge on any atom is -0.341 e. The number of carbonyl (C=O) groups excluding carboxylic acids is 1. The Balaban J connectivity index is 1.39. The number of likely N-dealkylation sites (N-methyl/N-ethyl adjacent to an activating group) is 1. The van der Waals surface area contributed by atoms with Crippen molar-refractivity contribution in [1.29, 1.82) is 0 Å². The average Bonchev–Trinajstić information content (AvgIpc) is 3.00. The number of likely N-dealkylation sites (tertiary alicyclic amines) is 2. The molecule has 26 heavy (non-hydrogen) atoms. The maximum atomic E-state index is 12.1. The van der Waals surface area contributed by atoms with Gasteiger partial charge in [0.25, 0.3) is 0 Å². The number of rotatable bonds is 3. The molecule has 2 fully saturated rings. The molecule has 0 bridgehead atoms. The normalized spacial score (nSPS) is 23.5. The number of hydrogen-bond acceptors (Lipinski definition) is 5. The molecule has 0 aliphatic carbocycles. The Bertz CT molecular complexity index is 779. The first kappa shape index (κ1) is 17.4. The van der Waals surface area contributed by atoms with Gasteiger partial charge in [0.2, 0.25) is 5.91 Å². The van der Waals surface area contributed by atoms with E-state index in [0.717, 1.165) is 68.9 Å². The van der Waals surface area contributed by atoms with Crippen LogP contribution in [0.4, 0.5) is 0 Å². The highest BCUT2D eigenvalue weighted by Gasteiger charge is 2.29. The number of aryl methyl sites for hydroxylation is 1. The van der Waals surface area contributed by atoms with Crippen LogP contribution in [0.15, 0.2) is 12.1 Å². The highest BCUT2D eigenvalue weighted by molar-refractivity contribution is 5.76. The maximum absolute atomic E-state index is 12.1. The highest BCUT2D eigenvalue weighted by Crippen LogP contribution is 2.28. The lowest BCUT2D eigenvalue weighted by molar-refractivity contribution is -0.131. The molecule has 2 aromatic heterocycles. The summed E-state index contributed by atoms with van der Waals surface area (Å²) in [6, 6.07) is 4.31. The van der Waals surface area contributed by atoms with Crippen molar-refractivity contribution in [3.8, 4) is 0 Å². The molecule has 0 spiro atoms. The minimum absolute atomic E-state index is 0.304. The van der Waals surface area contributed by atoms with Crippen molar-refractivity contribution in [2.45, 2.75) is 57.4 Å². The highest BCUT2D eigenvalue weighted by atomic mass is 16.2. The third kappa shape index (κ3) is 3.45. The molecule has 0 radical (unpaired) electrons. The Kier molecular flexibility index (Phi) is 4.89. The van der Waals surface area contributed by atoms with Gasteiger partial charge < -0.3 is 9.80 Å². The van der Waals surface area contributed by atoms with Gasteiger partial charge >= 0.3 is 0 Å². The van der Waals surface area contributed by atoms with Crippen molar-refractivity contribution >= 4 is 11.6 Å². The molecule has 2 saturated heterocycles. The fraction of sp³-hybridized carbons (Fsp3) is 0.684. The van der Waals surface area contributed by atoms with Gasteiger partial charge in [-0.3, -0.25) is 4.79 Å². The van der Waals surface area contributed by atoms with Crippen molar-refractivity contribution in [2.24, 2.45) is 0 Å². The minimum atomic E-state index is 0.304. The standard InChI is InChI=1S/C19H28N6O/c1-14-7-8-17-20-21-19(25(17)22-14)15-9-11-24(12-10-15)13-16-5-3-4-6-18(26)23(16)2/h7-8,15-16H,3-6,9-13H2,1-2H3. The van der Waals surface area contributed by atoms with Gasteiger partial charge in [0.15, 0.2) is 11.5 Å². The number of piperidine rings is 1. The molecule has 0 saturated carbocycles. The molecular formula is C19H28N6O. The summed E-state index contributed by atoms with van der Waals surface area (Å²) in [5.41, 5.74) is 1.81. The zero-order valence-corrected chi connectivity index (χ0v) is 15.8. The quantitative estimate of drug-likeness (QED) is 0.842. The van der Waals surface area contributed by atoms with Gasteiger partial charge in [0, 0.05) is 32.0 Å². The van der Waals surface area contributed by atoms with Crippen molar-refractivity contribution < 1.29 is 4.79 Å². The van der Waals surface area contributed by atoms with Crippen LogP contribution in [-0.4, -0.2) is 68.2 Å². The lowest BCUT2D eigenvalue weighted by Gasteiger charge is -2.36. The smallest absolute Gasteiger partial charge is 0.222 e. The van der Waals surface area contributed by atoms with E-state index in [0.29, 0.717) is 24.3 Å². The van der Waals surface area contributed by atoms with E-state index in [2.05, 4.69) is 20.2 Å². The molecule has 4 rings (SSSR count). The first-order valence-corrected chi connectivity index (χ1v) is 9.79. The summed E-state index contributed by atoms with van der Waals surface area (Å²) >= 11 is 0. The van der Waals surface area contributed by atoms with Gasteiger partial charge in [-0.1, -0.05) is 6.42 Å². The number of carbonyl (C=O) groups is 1. The van der Waals surface area contributed by atoms with Crippen LogP contribution in [-0.2, 0) is 4.79 Å². The Morgan fingerprint density at radius 2 is 1.92 bits per heavy atom. The van der Waals surface area contributed by atoms with E-state index >= 15 is 0 Å². The van der Waals surface area contributed by atoms with Gasteiger partial charge in [-0.05, 0) is 57.8 Å². The molecular weight excluding hydrogens is 328 g/mol. The molecule has 2 aliphatic rings. The van der Waals surface area contributed by atoms with Gasteiger partial charge in [-0.2, -0.15) is 9.61 Å². The van der Waals surface area contributed by atoms with E-state index in [1.165, 1.54) is 0 Å². The number of fused-ring (bicyclic) bond motifs is 1. The lowest BCUT2D eigenvalue weighted by atomic mass is 9.95. The molecule has 140 valence electrons. The summed E-state index contributed by atoms with van der Waals surface area (Å²) < 4.78 is 1.91. The summed E-state index contributed by atoms with van der Waals surface area (Å²) in [6.45, 7) is 5.08. The molecule has 1 amide bonds. The molecule has 1 unspecified atom stereocenters. The zero-order valence-electron chi connectivity index (χ0n) is 15.8. The fourth-order valence-electron chi connectivity index (χ4n) is 4.27. The van der Waals surface area contributed by atoms with E-state index in [1.54, 1.807) is 0 Å². The number of aromatic nitrogens is 4. The largest absolute Gasteiger partial charge is 0.341 e. The third-order valence-corrected chi connectivity index (χ3v) is 5.96. The van der Waals surface area contributed by atoms with E-state index < -0.39 is 0 Å². The van der Waals surface area contributed by atoms with Gasteiger partial charge in [-0.15, -0.1) is 10.2 Å². The van der Waals surface area contributed by atoms with Crippen LogP contribution in [0, 0.1) is 6.92 Å². The van der Waals surface area contributed by atoms with E-state index in [9.17, 15) is 4.79 Å². The summed E-state index contributed by atoms with van der Waals surface area (Å²) in [4.78, 5) is 16.6. The van der Waals surface area contributed by atoms with Crippen molar-refractivity contribution in [1.82, 2.24) is 29.6 Å². The first-order chi connectivity index (χ1) is 12.6. The molecule has 2 aromatic rings. The molecule has 4 heterocycles. The Hall–Kier alpha value is -2.02. The zero-order chi connectivity index (χ0) is 18.1. The predicted octanol–water partition coefficient (Wildman–Crippen LogP) is 2.01. The molecule has 1 atom stereocenters. The van der Waals surface area contributed by atoms with Crippen LogP contribution < -0.4 is 0 Å². The number of amides is 1. The van der Waals surface area contributed by atoms with E-state index in [-0.39, 0.29) is 0 Å². The second-order valence-electron chi connectivity index (χ2n) is 7.78. The Morgan fingerprint density at radius 3 is 2.73 bits per heavy atom. The maximum Gasteiger partial charge on any atom is 0.222 e. The van der Waals surface area contributed by atoms with Gasteiger partial charge in [-0.25, -0.2) is 0 Å². The summed E-state index contributed by atoms with van der Waals surface area (Å²) in [5, 5.41) is 13.3. The average molecular weight is 356 g/mol. The molecule has 0 aromatic carbocycles. The van der Waals surface area contributed by atoms with Crippen molar-refractivity contribution in [2.75, 3.05) is 26.7 Å². The lowest BCUT2D eigenvalue weighted by Crippen LogP contribution is -2.46. The van der Waals surface area contributed by atoms with E-state index in [4.69, 9.17) is 0 Å².